The van der Waals surface area contributed by atoms with Crippen LogP contribution in [0.2, 0.25) is 5.02 Å². The van der Waals surface area contributed by atoms with Gasteiger partial charge in [0, 0.05) is 46.9 Å². The molecule has 1 aromatic carbocycles. The van der Waals surface area contributed by atoms with Gasteiger partial charge in [0.25, 0.3) is 0 Å². The minimum Gasteiger partial charge on any atom is -0.381 e. The van der Waals surface area contributed by atoms with Crippen molar-refractivity contribution in [2.24, 2.45) is 5.92 Å². The van der Waals surface area contributed by atoms with Crippen molar-refractivity contribution in [2.45, 2.75) is 12.8 Å². The summed E-state index contributed by atoms with van der Waals surface area (Å²) < 4.78 is 5.55. The van der Waals surface area contributed by atoms with Gasteiger partial charge < -0.3 is 10.1 Å². The first-order valence-corrected chi connectivity index (χ1v) is 8.87. The smallest absolute Gasteiger partial charge is 0.158 e. The molecule has 0 saturated carbocycles. The maximum Gasteiger partial charge on any atom is 0.158 e. The van der Waals surface area contributed by atoms with Crippen molar-refractivity contribution in [2.75, 3.05) is 25.1 Å². The summed E-state index contributed by atoms with van der Waals surface area (Å²) >= 11 is 5.99. The molecule has 6 heteroatoms. The topological polar surface area (TPSA) is 59.9 Å². The number of nitrogens with one attached hydrogen (secondary N) is 1. The summed E-state index contributed by atoms with van der Waals surface area (Å²) in [7, 11) is 0. The van der Waals surface area contributed by atoms with Crippen molar-refractivity contribution < 1.29 is 4.74 Å². The Morgan fingerprint density at radius 3 is 2.80 bits per heavy atom. The lowest BCUT2D eigenvalue weighted by Crippen LogP contribution is -2.24. The molecule has 4 rings (SSSR count). The Labute approximate surface area is 151 Å². The van der Waals surface area contributed by atoms with Crippen LogP contribution in [0.5, 0.6) is 0 Å². The van der Waals surface area contributed by atoms with E-state index in [0.717, 1.165) is 54.0 Å². The second-order valence-corrected chi connectivity index (χ2v) is 6.73. The van der Waals surface area contributed by atoms with Gasteiger partial charge in [-0.2, -0.15) is 0 Å². The minimum atomic E-state index is 0.512. The minimum absolute atomic E-state index is 0.512. The molecule has 5 nitrogen and oxygen atoms in total. The first kappa shape index (κ1) is 16.2. The number of halogens is 1. The van der Waals surface area contributed by atoms with Gasteiger partial charge in [-0.25, -0.2) is 0 Å². The van der Waals surface area contributed by atoms with Crippen LogP contribution in [0.25, 0.3) is 22.0 Å². The van der Waals surface area contributed by atoms with Gasteiger partial charge >= 0.3 is 0 Å². The SMILES string of the molecule is Clc1ccc(-c2nnc(NCC3CCCOC3)c3cnccc23)cc1. The lowest BCUT2D eigenvalue weighted by atomic mass is 10.0. The van der Waals surface area contributed by atoms with E-state index in [-0.39, 0.29) is 0 Å². The van der Waals surface area contributed by atoms with E-state index in [0.29, 0.717) is 10.9 Å². The van der Waals surface area contributed by atoms with Crippen LogP contribution in [0.1, 0.15) is 12.8 Å². The molecule has 1 unspecified atom stereocenters. The second-order valence-electron chi connectivity index (χ2n) is 6.29. The average Bonchev–Trinajstić information content (AvgIpc) is 2.68. The highest BCUT2D eigenvalue weighted by Crippen LogP contribution is 2.30. The summed E-state index contributed by atoms with van der Waals surface area (Å²) in [4.78, 5) is 4.26. The van der Waals surface area contributed by atoms with E-state index < -0.39 is 0 Å². The highest BCUT2D eigenvalue weighted by Gasteiger charge is 2.16. The Hall–Kier alpha value is -2.24. The van der Waals surface area contributed by atoms with Gasteiger partial charge in [0.15, 0.2) is 5.82 Å². The quantitative estimate of drug-likeness (QED) is 0.761. The van der Waals surface area contributed by atoms with Crippen molar-refractivity contribution in [3.8, 4) is 11.3 Å². The van der Waals surface area contributed by atoms with Crippen LogP contribution in [0, 0.1) is 5.92 Å². The fraction of sp³-hybridized carbons (Fsp3) is 0.316. The molecule has 0 spiro atoms. The molecule has 1 saturated heterocycles. The predicted octanol–water partition coefficient (Wildman–Crippen LogP) is 4.18. The molecule has 0 bridgehead atoms. The standard InChI is InChI=1S/C19H19ClN4O/c20-15-5-3-14(4-6-15)18-16-7-8-21-11-17(16)19(24-23-18)22-10-13-2-1-9-25-12-13/h3-8,11,13H,1-2,9-10,12H2,(H,22,24). The molecular weight excluding hydrogens is 336 g/mol. The number of hydrogen-bond acceptors (Lipinski definition) is 5. The van der Waals surface area contributed by atoms with Crippen LogP contribution in [-0.4, -0.2) is 34.9 Å². The molecule has 1 atom stereocenters. The molecule has 1 fully saturated rings. The van der Waals surface area contributed by atoms with Crippen LogP contribution in [0.3, 0.4) is 0 Å². The molecule has 3 heterocycles. The van der Waals surface area contributed by atoms with E-state index in [4.69, 9.17) is 16.3 Å². The van der Waals surface area contributed by atoms with Crippen molar-refractivity contribution in [1.29, 1.82) is 0 Å². The molecule has 0 aliphatic carbocycles. The summed E-state index contributed by atoms with van der Waals surface area (Å²) in [6.45, 7) is 2.51. The van der Waals surface area contributed by atoms with Crippen molar-refractivity contribution in [3.05, 3.63) is 47.7 Å². The lowest BCUT2D eigenvalue weighted by Gasteiger charge is -2.22. The summed E-state index contributed by atoms with van der Waals surface area (Å²) in [5.41, 5.74) is 1.82. The molecule has 1 N–H and O–H groups in total. The van der Waals surface area contributed by atoms with Gasteiger partial charge in [-0.05, 0) is 37.0 Å². The Kier molecular flexibility index (Phi) is 4.76. The number of hydrogen-bond donors (Lipinski definition) is 1. The zero-order chi connectivity index (χ0) is 17.1. The van der Waals surface area contributed by atoms with Crippen LogP contribution in [0.15, 0.2) is 42.7 Å². The number of benzene rings is 1. The normalized spacial score (nSPS) is 17.6. The third-order valence-electron chi connectivity index (χ3n) is 4.51. The van der Waals surface area contributed by atoms with Crippen LogP contribution < -0.4 is 5.32 Å². The number of pyridine rings is 1. The number of fused-ring (bicyclic) bond motifs is 1. The van der Waals surface area contributed by atoms with Crippen molar-refractivity contribution >= 4 is 28.2 Å². The molecule has 1 aliphatic heterocycles. The highest BCUT2D eigenvalue weighted by atomic mass is 35.5. The first-order chi connectivity index (χ1) is 12.3. The number of anilines is 1. The fourth-order valence-electron chi connectivity index (χ4n) is 3.16. The van der Waals surface area contributed by atoms with E-state index in [2.05, 4.69) is 20.5 Å². The Bertz CT molecular complexity index is 863. The number of nitrogens with zero attached hydrogens (tertiary/aromatic N) is 3. The Balaban J connectivity index is 1.65. The van der Waals surface area contributed by atoms with Gasteiger partial charge in [0.1, 0.15) is 5.69 Å². The molecule has 0 amide bonds. The first-order valence-electron chi connectivity index (χ1n) is 8.49. The van der Waals surface area contributed by atoms with E-state index in [1.165, 1.54) is 6.42 Å². The van der Waals surface area contributed by atoms with Gasteiger partial charge in [0.2, 0.25) is 0 Å². The number of aromatic nitrogens is 3. The zero-order valence-corrected chi connectivity index (χ0v) is 14.5. The average molecular weight is 355 g/mol. The summed E-state index contributed by atoms with van der Waals surface area (Å²) in [6.07, 6.45) is 5.92. The van der Waals surface area contributed by atoms with Gasteiger partial charge in [-0.15, -0.1) is 10.2 Å². The van der Waals surface area contributed by atoms with Gasteiger partial charge in [-0.3, -0.25) is 4.98 Å². The van der Waals surface area contributed by atoms with Gasteiger partial charge in [0.05, 0.1) is 6.61 Å². The third-order valence-corrected chi connectivity index (χ3v) is 4.76. The maximum absolute atomic E-state index is 5.99. The molecular formula is C19H19ClN4O. The van der Waals surface area contributed by atoms with E-state index in [9.17, 15) is 0 Å². The molecule has 3 aromatic rings. The van der Waals surface area contributed by atoms with Crippen LogP contribution >= 0.6 is 11.6 Å². The Morgan fingerprint density at radius 1 is 1.12 bits per heavy atom. The monoisotopic (exact) mass is 354 g/mol. The molecule has 128 valence electrons. The second kappa shape index (κ2) is 7.33. The van der Waals surface area contributed by atoms with E-state index in [1.54, 1.807) is 6.20 Å². The molecule has 25 heavy (non-hydrogen) atoms. The van der Waals surface area contributed by atoms with E-state index >= 15 is 0 Å². The molecule has 1 aliphatic rings. The predicted molar refractivity (Wildman–Crippen MR) is 99.8 cm³/mol. The van der Waals surface area contributed by atoms with Crippen molar-refractivity contribution in [1.82, 2.24) is 15.2 Å². The van der Waals surface area contributed by atoms with Gasteiger partial charge in [-0.1, -0.05) is 23.7 Å². The lowest BCUT2D eigenvalue weighted by molar-refractivity contribution is 0.0595. The van der Waals surface area contributed by atoms with Crippen LogP contribution in [-0.2, 0) is 4.74 Å². The Morgan fingerprint density at radius 2 is 2.00 bits per heavy atom. The zero-order valence-electron chi connectivity index (χ0n) is 13.8. The highest BCUT2D eigenvalue weighted by molar-refractivity contribution is 6.30. The number of rotatable bonds is 4. The van der Waals surface area contributed by atoms with Crippen LogP contribution in [0.4, 0.5) is 5.82 Å². The number of ether oxygens (including phenoxy) is 1. The largest absolute Gasteiger partial charge is 0.381 e. The summed E-state index contributed by atoms with van der Waals surface area (Å²) in [5.74, 6) is 1.28. The summed E-state index contributed by atoms with van der Waals surface area (Å²) in [6, 6.07) is 9.61. The summed E-state index contributed by atoms with van der Waals surface area (Å²) in [5, 5.41) is 15.0. The third kappa shape index (κ3) is 3.57. The fourth-order valence-corrected chi connectivity index (χ4v) is 3.28. The molecule has 0 radical (unpaired) electrons. The van der Waals surface area contributed by atoms with Crippen molar-refractivity contribution in [3.63, 3.8) is 0 Å². The van der Waals surface area contributed by atoms with E-state index in [1.807, 2.05) is 36.5 Å². The maximum atomic E-state index is 5.99. The molecule has 2 aromatic heterocycles.